The number of rotatable bonds is 4. The van der Waals surface area contributed by atoms with Crippen molar-refractivity contribution in [1.82, 2.24) is 0 Å². The molecule has 0 bridgehead atoms. The molecule has 1 nitrogen and oxygen atoms in total. The first-order valence-corrected chi connectivity index (χ1v) is 6.17. The van der Waals surface area contributed by atoms with Crippen LogP contribution in [0.5, 0.6) is 0 Å². The van der Waals surface area contributed by atoms with Gasteiger partial charge >= 0.3 is 0 Å². The molecule has 1 aliphatic rings. The first-order valence-electron chi connectivity index (χ1n) is 5.79. The fourth-order valence-corrected chi connectivity index (χ4v) is 2.37. The Bertz CT molecular complexity index is 331. The van der Waals surface area contributed by atoms with Crippen LogP contribution in [0.3, 0.4) is 0 Å². The van der Waals surface area contributed by atoms with Crippen LogP contribution in [0, 0.1) is 0 Å². The van der Waals surface area contributed by atoms with Crippen LogP contribution in [0.4, 0.5) is 0 Å². The van der Waals surface area contributed by atoms with E-state index in [4.69, 9.17) is 17.3 Å². The highest BCUT2D eigenvalue weighted by Crippen LogP contribution is 2.39. The molecular formula is C13H18ClN. The first kappa shape index (κ1) is 11.0. The highest BCUT2D eigenvalue weighted by atomic mass is 35.5. The predicted molar refractivity (Wildman–Crippen MR) is 65.4 cm³/mol. The molecule has 1 fully saturated rings. The van der Waals surface area contributed by atoms with Gasteiger partial charge in [0.2, 0.25) is 0 Å². The van der Waals surface area contributed by atoms with Crippen molar-refractivity contribution in [3.8, 4) is 0 Å². The molecule has 0 spiro atoms. The Morgan fingerprint density at radius 3 is 2.73 bits per heavy atom. The summed E-state index contributed by atoms with van der Waals surface area (Å²) in [6.45, 7) is 0.771. The van der Waals surface area contributed by atoms with Gasteiger partial charge in [-0.05, 0) is 61.4 Å². The van der Waals surface area contributed by atoms with E-state index in [0.717, 1.165) is 30.3 Å². The van der Waals surface area contributed by atoms with Gasteiger partial charge in [-0.3, -0.25) is 0 Å². The number of hydrogen-bond donors (Lipinski definition) is 1. The van der Waals surface area contributed by atoms with Gasteiger partial charge in [0.15, 0.2) is 0 Å². The zero-order chi connectivity index (χ0) is 10.7. The topological polar surface area (TPSA) is 26.0 Å². The molecule has 2 heteroatoms. The second-order valence-electron chi connectivity index (χ2n) is 4.36. The molecule has 0 unspecified atom stereocenters. The maximum absolute atomic E-state index is 6.05. The van der Waals surface area contributed by atoms with Crippen LogP contribution in [-0.4, -0.2) is 6.54 Å². The van der Waals surface area contributed by atoms with Gasteiger partial charge in [-0.25, -0.2) is 0 Å². The van der Waals surface area contributed by atoms with Gasteiger partial charge in [-0.2, -0.15) is 0 Å². The highest BCUT2D eigenvalue weighted by molar-refractivity contribution is 6.30. The molecule has 1 aromatic carbocycles. The monoisotopic (exact) mass is 223 g/mol. The maximum Gasteiger partial charge on any atom is 0.0409 e. The van der Waals surface area contributed by atoms with E-state index in [9.17, 15) is 0 Å². The Kier molecular flexibility index (Phi) is 3.66. The van der Waals surface area contributed by atoms with E-state index in [1.807, 2.05) is 6.07 Å². The van der Waals surface area contributed by atoms with Crippen LogP contribution in [-0.2, 0) is 6.42 Å². The van der Waals surface area contributed by atoms with Crippen molar-refractivity contribution < 1.29 is 0 Å². The number of nitrogens with two attached hydrogens (primary N) is 1. The molecule has 0 amide bonds. The summed E-state index contributed by atoms with van der Waals surface area (Å²) in [6, 6.07) is 6.32. The molecule has 0 radical (unpaired) electrons. The largest absolute Gasteiger partial charge is 0.330 e. The average molecular weight is 224 g/mol. The molecule has 0 aromatic heterocycles. The molecular weight excluding hydrogens is 206 g/mol. The van der Waals surface area contributed by atoms with Crippen molar-refractivity contribution in [2.24, 2.45) is 5.73 Å². The van der Waals surface area contributed by atoms with E-state index in [1.165, 1.54) is 30.4 Å². The van der Waals surface area contributed by atoms with Crippen LogP contribution < -0.4 is 5.73 Å². The minimum absolute atomic E-state index is 0.761. The molecule has 0 heterocycles. The molecule has 0 saturated heterocycles. The molecule has 1 saturated carbocycles. The SMILES string of the molecule is NCCCc1ccc(Cl)cc1C1CCC1. The summed E-state index contributed by atoms with van der Waals surface area (Å²) in [4.78, 5) is 0. The lowest BCUT2D eigenvalue weighted by Crippen LogP contribution is -2.12. The van der Waals surface area contributed by atoms with Crippen molar-refractivity contribution >= 4 is 11.6 Å². The van der Waals surface area contributed by atoms with Crippen molar-refractivity contribution in [3.63, 3.8) is 0 Å². The molecule has 0 atom stereocenters. The third-order valence-corrected chi connectivity index (χ3v) is 3.54. The summed E-state index contributed by atoms with van der Waals surface area (Å²) in [5.41, 5.74) is 8.48. The molecule has 0 aliphatic heterocycles. The lowest BCUT2D eigenvalue weighted by atomic mass is 9.77. The van der Waals surface area contributed by atoms with E-state index >= 15 is 0 Å². The number of hydrogen-bond acceptors (Lipinski definition) is 1. The second kappa shape index (κ2) is 5.00. The molecule has 2 N–H and O–H groups in total. The summed E-state index contributed by atoms with van der Waals surface area (Å²) in [5, 5.41) is 0.869. The molecule has 2 rings (SSSR count). The highest BCUT2D eigenvalue weighted by Gasteiger charge is 2.21. The molecule has 1 aliphatic carbocycles. The quantitative estimate of drug-likeness (QED) is 0.831. The standard InChI is InChI=1S/C13H18ClN/c14-12-7-6-11(5-2-8-15)13(9-12)10-3-1-4-10/h6-7,9-10H,1-5,8,15H2. The van der Waals surface area contributed by atoms with Crippen LogP contribution >= 0.6 is 11.6 Å². The smallest absolute Gasteiger partial charge is 0.0409 e. The van der Waals surface area contributed by atoms with E-state index < -0.39 is 0 Å². The lowest BCUT2D eigenvalue weighted by Gasteiger charge is -2.28. The number of aryl methyl sites for hydroxylation is 1. The van der Waals surface area contributed by atoms with Crippen LogP contribution in [0.1, 0.15) is 42.7 Å². The number of halogens is 1. The lowest BCUT2D eigenvalue weighted by molar-refractivity contribution is 0.417. The van der Waals surface area contributed by atoms with Crippen LogP contribution in [0.15, 0.2) is 18.2 Å². The van der Waals surface area contributed by atoms with E-state index in [1.54, 1.807) is 0 Å². The van der Waals surface area contributed by atoms with Gasteiger partial charge in [-0.15, -0.1) is 0 Å². The average Bonchev–Trinajstić information content (AvgIpc) is 2.14. The minimum atomic E-state index is 0.761. The van der Waals surface area contributed by atoms with Crippen molar-refractivity contribution in [2.45, 2.75) is 38.0 Å². The second-order valence-corrected chi connectivity index (χ2v) is 4.80. The van der Waals surface area contributed by atoms with Gasteiger partial charge in [0.25, 0.3) is 0 Å². The fourth-order valence-electron chi connectivity index (χ4n) is 2.19. The summed E-state index contributed by atoms with van der Waals surface area (Å²) in [6.07, 6.45) is 6.19. The fraction of sp³-hybridized carbons (Fsp3) is 0.538. The summed E-state index contributed by atoms with van der Waals surface area (Å²) in [7, 11) is 0. The first-order chi connectivity index (χ1) is 7.31. The Morgan fingerprint density at radius 1 is 1.33 bits per heavy atom. The van der Waals surface area contributed by atoms with Gasteiger partial charge in [0.1, 0.15) is 0 Å². The zero-order valence-electron chi connectivity index (χ0n) is 9.01. The zero-order valence-corrected chi connectivity index (χ0v) is 9.76. The van der Waals surface area contributed by atoms with Crippen molar-refractivity contribution in [1.29, 1.82) is 0 Å². The third-order valence-electron chi connectivity index (χ3n) is 3.30. The van der Waals surface area contributed by atoms with Crippen LogP contribution in [0.25, 0.3) is 0 Å². The van der Waals surface area contributed by atoms with E-state index in [0.29, 0.717) is 0 Å². The third kappa shape index (κ3) is 2.53. The summed E-state index contributed by atoms with van der Waals surface area (Å²) in [5.74, 6) is 0.761. The predicted octanol–water partition coefficient (Wildman–Crippen LogP) is 3.50. The number of benzene rings is 1. The molecule has 1 aromatic rings. The maximum atomic E-state index is 6.05. The van der Waals surface area contributed by atoms with E-state index in [2.05, 4.69) is 12.1 Å². The van der Waals surface area contributed by atoms with Gasteiger partial charge in [0.05, 0.1) is 0 Å². The van der Waals surface area contributed by atoms with Crippen molar-refractivity contribution in [3.05, 3.63) is 34.3 Å². The minimum Gasteiger partial charge on any atom is -0.330 e. The van der Waals surface area contributed by atoms with Crippen molar-refractivity contribution in [2.75, 3.05) is 6.54 Å². The van der Waals surface area contributed by atoms with Gasteiger partial charge < -0.3 is 5.73 Å². The van der Waals surface area contributed by atoms with Gasteiger partial charge in [0, 0.05) is 5.02 Å². The molecule has 82 valence electrons. The Labute approximate surface area is 96.6 Å². The normalized spacial score (nSPS) is 16.4. The Morgan fingerprint density at radius 2 is 2.13 bits per heavy atom. The Balaban J connectivity index is 2.18. The Hall–Kier alpha value is -0.530. The summed E-state index contributed by atoms with van der Waals surface area (Å²) >= 11 is 6.05. The molecule has 15 heavy (non-hydrogen) atoms. The van der Waals surface area contributed by atoms with E-state index in [-0.39, 0.29) is 0 Å². The summed E-state index contributed by atoms with van der Waals surface area (Å²) < 4.78 is 0. The van der Waals surface area contributed by atoms with Crippen LogP contribution in [0.2, 0.25) is 5.02 Å². The van der Waals surface area contributed by atoms with Gasteiger partial charge in [-0.1, -0.05) is 24.1 Å².